The number of piperazine rings is 1. The number of nitrogens with two attached hydrogens (primary N) is 1. The van der Waals surface area contributed by atoms with Crippen LogP contribution in [0.4, 0.5) is 18.0 Å². The Kier molecular flexibility index (Phi) is 9.30. The number of hydrogen-bond acceptors (Lipinski definition) is 4. The summed E-state index contributed by atoms with van der Waals surface area (Å²) in [7, 11) is 0. The maximum absolute atomic E-state index is 12.8. The summed E-state index contributed by atoms with van der Waals surface area (Å²) in [5.41, 5.74) is 10.7. The molecule has 2 unspecified atom stereocenters. The Morgan fingerprint density at radius 2 is 1.56 bits per heavy atom. The van der Waals surface area contributed by atoms with Crippen LogP contribution in [-0.2, 0) is 0 Å². The third kappa shape index (κ3) is 7.66. The number of nitrogens with zero attached hydrogens (tertiary/aromatic N) is 3. The molecule has 0 radical (unpaired) electrons. The molecule has 3 aliphatic rings. The van der Waals surface area contributed by atoms with E-state index in [0.717, 1.165) is 76.0 Å². The first kappa shape index (κ1) is 31.2. The first-order chi connectivity index (χ1) is 20.4. The van der Waals surface area contributed by atoms with Crippen molar-refractivity contribution in [2.24, 2.45) is 17.1 Å². The van der Waals surface area contributed by atoms with Crippen LogP contribution < -0.4 is 10.5 Å². The molecule has 2 heterocycles. The van der Waals surface area contributed by atoms with Gasteiger partial charge in [-0.05, 0) is 73.1 Å². The van der Waals surface area contributed by atoms with Crippen LogP contribution in [0.1, 0.15) is 76.5 Å². The Balaban J connectivity index is 1.40. The van der Waals surface area contributed by atoms with Gasteiger partial charge in [0.1, 0.15) is 5.75 Å². The number of rotatable bonds is 7. The molecular weight excluding hydrogens is 553 g/mol. The zero-order valence-corrected chi connectivity index (χ0v) is 25.6. The monoisotopic (exact) mass is 598 g/mol. The van der Waals surface area contributed by atoms with Gasteiger partial charge in [0.2, 0.25) is 0 Å². The number of amides is 2. The van der Waals surface area contributed by atoms with E-state index in [4.69, 9.17) is 5.73 Å². The molecule has 9 heteroatoms. The number of carbonyl (C=O) groups excluding carboxylic acids is 1. The minimum atomic E-state index is -4.72. The van der Waals surface area contributed by atoms with Crippen LogP contribution in [0, 0.1) is 11.3 Å². The van der Waals surface area contributed by atoms with Crippen LogP contribution in [-0.4, -0.2) is 65.9 Å². The van der Waals surface area contributed by atoms with Crippen molar-refractivity contribution < 1.29 is 22.7 Å². The summed E-state index contributed by atoms with van der Waals surface area (Å²) >= 11 is 0. The first-order valence-electron chi connectivity index (χ1n) is 15.6. The van der Waals surface area contributed by atoms with Gasteiger partial charge in [-0.25, -0.2) is 4.79 Å². The molecule has 6 nitrogen and oxygen atoms in total. The van der Waals surface area contributed by atoms with Gasteiger partial charge < -0.3 is 20.3 Å². The maximum atomic E-state index is 12.8. The molecule has 1 aliphatic carbocycles. The highest BCUT2D eigenvalue weighted by Gasteiger charge is 2.41. The number of allylic oxidation sites excluding steroid dienone is 2. The van der Waals surface area contributed by atoms with E-state index in [1.807, 2.05) is 18.2 Å². The summed E-state index contributed by atoms with van der Waals surface area (Å²) in [5.74, 6) is 0.325. The molecular formula is C34H45F3N4O2. The van der Waals surface area contributed by atoms with Crippen LogP contribution >= 0.6 is 0 Å². The number of alkyl halides is 3. The average molecular weight is 599 g/mol. The van der Waals surface area contributed by atoms with E-state index in [2.05, 4.69) is 47.4 Å². The molecule has 2 amide bonds. The predicted octanol–water partition coefficient (Wildman–Crippen LogP) is 7.33. The van der Waals surface area contributed by atoms with E-state index in [1.165, 1.54) is 24.3 Å². The van der Waals surface area contributed by atoms with Crippen molar-refractivity contribution in [3.05, 3.63) is 77.0 Å². The number of carbonyl (C=O) groups is 1. The second-order valence-corrected chi connectivity index (χ2v) is 13.4. The van der Waals surface area contributed by atoms with E-state index >= 15 is 0 Å². The first-order valence-corrected chi connectivity index (χ1v) is 15.6. The van der Waals surface area contributed by atoms with Crippen molar-refractivity contribution in [3.8, 4) is 5.75 Å². The molecule has 2 aliphatic heterocycles. The summed E-state index contributed by atoms with van der Waals surface area (Å²) in [6.45, 7) is 10.9. The van der Waals surface area contributed by atoms with Crippen LogP contribution in [0.3, 0.4) is 0 Å². The molecule has 2 aromatic carbocycles. The standard InChI is InChI=1S/C34H45F3N4O2/c1-33(2,3)30-23-40(31(26-8-5-4-6-9-26)27-12-14-28(15-13-27)43-34(35,36)37)20-21-41(30)29(25-10-7-11-25)22-24-16-18-39(19-17-24)32(38)42/h4-6,8-9,12-15,24,30-31H,7,10-11,16-23H2,1-3H3,(H2,38,42). The molecule has 0 bridgehead atoms. The van der Waals surface area contributed by atoms with E-state index < -0.39 is 6.36 Å². The van der Waals surface area contributed by atoms with Gasteiger partial charge in [0.15, 0.2) is 0 Å². The second-order valence-electron chi connectivity index (χ2n) is 13.4. The van der Waals surface area contributed by atoms with Crippen molar-refractivity contribution in [2.75, 3.05) is 32.7 Å². The SMILES string of the molecule is CC(C)(C)C1CN(C(c2ccccc2)c2ccc(OC(F)(F)F)cc2)CCN1C(CC1CCN(C(N)=O)CC1)=C1CCC1. The van der Waals surface area contributed by atoms with Gasteiger partial charge in [0.25, 0.3) is 0 Å². The highest BCUT2D eigenvalue weighted by molar-refractivity contribution is 5.72. The highest BCUT2D eigenvalue weighted by atomic mass is 19.4. The molecule has 2 N–H and O–H groups in total. The number of likely N-dealkylation sites (tertiary alicyclic amines) is 1. The Labute approximate surface area is 253 Å². The number of ether oxygens (including phenoxy) is 1. The minimum Gasteiger partial charge on any atom is -0.406 e. The normalized spacial score (nSPS) is 21.3. The van der Waals surface area contributed by atoms with Crippen LogP contribution in [0.5, 0.6) is 5.75 Å². The number of benzene rings is 2. The molecule has 1 saturated carbocycles. The third-order valence-electron chi connectivity index (χ3n) is 9.44. The maximum Gasteiger partial charge on any atom is 0.573 e. The smallest absolute Gasteiger partial charge is 0.406 e. The molecule has 0 aromatic heterocycles. The molecule has 2 saturated heterocycles. The van der Waals surface area contributed by atoms with Gasteiger partial charge in [-0.3, -0.25) is 4.90 Å². The van der Waals surface area contributed by atoms with Crippen LogP contribution in [0.15, 0.2) is 65.9 Å². The number of hydrogen-bond donors (Lipinski definition) is 1. The average Bonchev–Trinajstić information content (AvgIpc) is 2.92. The number of urea groups is 1. The summed E-state index contributed by atoms with van der Waals surface area (Å²) in [6, 6.07) is 16.4. The second kappa shape index (κ2) is 12.8. The van der Waals surface area contributed by atoms with Gasteiger partial charge >= 0.3 is 12.4 Å². The summed E-state index contributed by atoms with van der Waals surface area (Å²) in [5, 5.41) is 0. The fraction of sp³-hybridized carbons (Fsp3) is 0.559. The minimum absolute atomic E-state index is 0.00476. The Hall–Kier alpha value is -3.20. The summed E-state index contributed by atoms with van der Waals surface area (Å²) in [6.07, 6.45) is 1.83. The molecule has 2 atom stereocenters. The summed E-state index contributed by atoms with van der Waals surface area (Å²) in [4.78, 5) is 18.6. The number of piperidine rings is 1. The molecule has 2 aromatic rings. The lowest BCUT2D eigenvalue weighted by atomic mass is 9.79. The zero-order valence-electron chi connectivity index (χ0n) is 25.6. The topological polar surface area (TPSA) is 62.0 Å². The summed E-state index contributed by atoms with van der Waals surface area (Å²) < 4.78 is 42.7. The molecule has 43 heavy (non-hydrogen) atoms. The van der Waals surface area contributed by atoms with Gasteiger partial charge in [-0.1, -0.05) is 68.8 Å². The van der Waals surface area contributed by atoms with Crippen molar-refractivity contribution in [3.63, 3.8) is 0 Å². The fourth-order valence-corrected chi connectivity index (χ4v) is 6.94. The quantitative estimate of drug-likeness (QED) is 0.363. The molecule has 234 valence electrons. The molecule has 5 rings (SSSR count). The van der Waals surface area contributed by atoms with E-state index in [1.54, 1.807) is 22.6 Å². The predicted molar refractivity (Wildman–Crippen MR) is 162 cm³/mol. The van der Waals surface area contributed by atoms with Crippen molar-refractivity contribution in [1.82, 2.24) is 14.7 Å². The lowest BCUT2D eigenvalue weighted by molar-refractivity contribution is -0.274. The largest absolute Gasteiger partial charge is 0.573 e. The molecule has 3 fully saturated rings. The number of primary amides is 1. The zero-order chi connectivity index (χ0) is 30.8. The van der Waals surface area contributed by atoms with Crippen LogP contribution in [0.25, 0.3) is 0 Å². The Bertz CT molecular complexity index is 1260. The van der Waals surface area contributed by atoms with Gasteiger partial charge in [-0.2, -0.15) is 0 Å². The Morgan fingerprint density at radius 1 is 0.930 bits per heavy atom. The highest BCUT2D eigenvalue weighted by Crippen LogP contribution is 2.42. The van der Waals surface area contributed by atoms with Crippen molar-refractivity contribution >= 4 is 6.03 Å². The van der Waals surface area contributed by atoms with Crippen molar-refractivity contribution in [2.45, 2.75) is 77.7 Å². The lowest BCUT2D eigenvalue weighted by Crippen LogP contribution is -2.58. The van der Waals surface area contributed by atoms with Crippen molar-refractivity contribution in [1.29, 1.82) is 0 Å². The van der Waals surface area contributed by atoms with E-state index in [0.29, 0.717) is 5.92 Å². The lowest BCUT2D eigenvalue weighted by Gasteiger charge is -2.52. The fourth-order valence-electron chi connectivity index (χ4n) is 6.94. The van der Waals surface area contributed by atoms with Gasteiger partial charge in [0.05, 0.1) is 6.04 Å². The van der Waals surface area contributed by atoms with Gasteiger partial charge in [0, 0.05) is 44.5 Å². The van der Waals surface area contributed by atoms with E-state index in [9.17, 15) is 18.0 Å². The molecule has 0 spiro atoms. The van der Waals surface area contributed by atoms with Crippen LogP contribution in [0.2, 0.25) is 0 Å². The van der Waals surface area contributed by atoms with E-state index in [-0.39, 0.29) is 29.3 Å². The van der Waals surface area contributed by atoms with Gasteiger partial charge in [-0.15, -0.1) is 13.2 Å². The number of halogens is 3. The Morgan fingerprint density at radius 3 is 2.09 bits per heavy atom. The third-order valence-corrected chi connectivity index (χ3v) is 9.44.